The van der Waals surface area contributed by atoms with E-state index in [2.05, 4.69) is 36.4 Å². The largest absolute Gasteiger partial charge is 0.497 e. The Kier molecular flexibility index (Phi) is 5.60. The third kappa shape index (κ3) is 4.31. The second-order valence-corrected chi connectivity index (χ2v) is 6.64. The minimum absolute atomic E-state index is 0.628. The first-order valence-corrected chi connectivity index (χ1v) is 9.50. The number of nitrogens with zero attached hydrogens (tertiary/aromatic N) is 5. The van der Waals surface area contributed by atoms with Gasteiger partial charge in [-0.05, 0) is 36.4 Å². The van der Waals surface area contributed by atoms with E-state index in [4.69, 9.17) is 9.47 Å². The third-order valence-corrected chi connectivity index (χ3v) is 4.90. The summed E-state index contributed by atoms with van der Waals surface area (Å²) >= 11 is 0. The predicted molar refractivity (Wildman–Crippen MR) is 114 cm³/mol. The van der Waals surface area contributed by atoms with Gasteiger partial charge in [-0.3, -0.25) is 0 Å². The fraction of sp³-hybridized carbons (Fsp3) is 0.286. The molecule has 29 heavy (non-hydrogen) atoms. The lowest BCUT2D eigenvalue weighted by Crippen LogP contribution is -2.47. The summed E-state index contributed by atoms with van der Waals surface area (Å²) in [7, 11) is 3.35. The maximum Gasteiger partial charge on any atom is 0.247 e. The van der Waals surface area contributed by atoms with Gasteiger partial charge < -0.3 is 24.6 Å². The second-order valence-electron chi connectivity index (χ2n) is 6.64. The van der Waals surface area contributed by atoms with Crippen LogP contribution in [0.25, 0.3) is 0 Å². The number of rotatable bonds is 6. The molecule has 1 aliphatic rings. The van der Waals surface area contributed by atoms with E-state index in [1.54, 1.807) is 20.4 Å². The van der Waals surface area contributed by atoms with Crippen LogP contribution < -0.4 is 24.6 Å². The number of benzene rings is 2. The van der Waals surface area contributed by atoms with Gasteiger partial charge in [-0.1, -0.05) is 12.1 Å². The molecular weight excluding hydrogens is 368 g/mol. The highest BCUT2D eigenvalue weighted by Crippen LogP contribution is 2.29. The summed E-state index contributed by atoms with van der Waals surface area (Å²) in [6, 6.07) is 15.8. The number of piperazine rings is 1. The Hall–Kier alpha value is -3.55. The first kappa shape index (κ1) is 18.8. The van der Waals surface area contributed by atoms with E-state index in [1.807, 2.05) is 42.5 Å². The molecule has 0 atom stereocenters. The van der Waals surface area contributed by atoms with Gasteiger partial charge in [0.15, 0.2) is 5.82 Å². The molecule has 0 radical (unpaired) electrons. The summed E-state index contributed by atoms with van der Waals surface area (Å²) < 4.78 is 10.7. The van der Waals surface area contributed by atoms with Crippen LogP contribution in [0, 0.1) is 0 Å². The van der Waals surface area contributed by atoms with E-state index in [0.29, 0.717) is 11.8 Å². The molecule has 8 heteroatoms. The van der Waals surface area contributed by atoms with Crippen molar-refractivity contribution < 1.29 is 9.47 Å². The molecule has 1 aliphatic heterocycles. The molecule has 0 spiro atoms. The third-order valence-electron chi connectivity index (χ3n) is 4.90. The minimum Gasteiger partial charge on any atom is -0.497 e. The van der Waals surface area contributed by atoms with Crippen molar-refractivity contribution in [2.24, 2.45) is 0 Å². The Bertz CT molecular complexity index is 942. The summed E-state index contributed by atoms with van der Waals surface area (Å²) in [5.74, 6) is 2.99. The van der Waals surface area contributed by atoms with E-state index in [1.165, 1.54) is 0 Å². The van der Waals surface area contributed by atoms with Crippen LogP contribution >= 0.6 is 0 Å². The van der Waals surface area contributed by atoms with Crippen molar-refractivity contribution in [1.29, 1.82) is 0 Å². The van der Waals surface area contributed by atoms with Crippen molar-refractivity contribution in [1.82, 2.24) is 15.2 Å². The second kappa shape index (κ2) is 8.64. The Morgan fingerprint density at radius 3 is 2.31 bits per heavy atom. The summed E-state index contributed by atoms with van der Waals surface area (Å²) in [6.07, 6.45) is 1.62. The Morgan fingerprint density at radius 1 is 0.862 bits per heavy atom. The number of ether oxygens (including phenoxy) is 2. The Labute approximate surface area is 170 Å². The Morgan fingerprint density at radius 2 is 1.59 bits per heavy atom. The van der Waals surface area contributed by atoms with Crippen molar-refractivity contribution >= 4 is 23.1 Å². The van der Waals surface area contributed by atoms with E-state index >= 15 is 0 Å². The van der Waals surface area contributed by atoms with Crippen molar-refractivity contribution in [2.45, 2.75) is 0 Å². The zero-order valence-corrected chi connectivity index (χ0v) is 16.6. The monoisotopic (exact) mass is 392 g/mol. The highest BCUT2D eigenvalue weighted by Gasteiger charge is 2.21. The first-order chi connectivity index (χ1) is 14.3. The van der Waals surface area contributed by atoms with Crippen LogP contribution in [0.4, 0.5) is 23.1 Å². The molecule has 8 nitrogen and oxygen atoms in total. The van der Waals surface area contributed by atoms with Gasteiger partial charge in [-0.25, -0.2) is 0 Å². The van der Waals surface area contributed by atoms with E-state index in [0.717, 1.165) is 49.1 Å². The van der Waals surface area contributed by atoms with Gasteiger partial charge in [0.1, 0.15) is 11.5 Å². The molecule has 1 fully saturated rings. The topological polar surface area (TPSA) is 75.6 Å². The molecule has 0 unspecified atom stereocenters. The molecule has 150 valence electrons. The van der Waals surface area contributed by atoms with Gasteiger partial charge in [0.25, 0.3) is 0 Å². The van der Waals surface area contributed by atoms with Gasteiger partial charge >= 0.3 is 0 Å². The molecule has 1 N–H and O–H groups in total. The highest BCUT2D eigenvalue weighted by molar-refractivity contribution is 5.60. The lowest BCUT2D eigenvalue weighted by Gasteiger charge is -2.36. The summed E-state index contributed by atoms with van der Waals surface area (Å²) in [5, 5.41) is 11.6. The molecular formula is C21H24N6O2. The summed E-state index contributed by atoms with van der Waals surface area (Å²) in [6.45, 7) is 3.34. The van der Waals surface area contributed by atoms with Gasteiger partial charge in [0.2, 0.25) is 5.95 Å². The van der Waals surface area contributed by atoms with Crippen LogP contribution in [0.1, 0.15) is 0 Å². The smallest absolute Gasteiger partial charge is 0.247 e. The van der Waals surface area contributed by atoms with Crippen molar-refractivity contribution in [3.63, 3.8) is 0 Å². The predicted octanol–water partition coefficient (Wildman–Crippen LogP) is 2.96. The van der Waals surface area contributed by atoms with Crippen LogP contribution in [0.5, 0.6) is 11.5 Å². The zero-order valence-electron chi connectivity index (χ0n) is 16.6. The number of para-hydroxylation sites is 2. The molecule has 0 saturated carbocycles. The molecule has 2 aromatic carbocycles. The SMILES string of the molecule is COc1ccc(Nc2cnnc(N3CCN(c4ccccc4OC)CC3)n2)cc1. The Balaban J connectivity index is 1.41. The number of nitrogens with one attached hydrogen (secondary N) is 1. The van der Waals surface area contributed by atoms with Crippen LogP contribution in [0.2, 0.25) is 0 Å². The molecule has 0 bridgehead atoms. The summed E-state index contributed by atoms with van der Waals surface area (Å²) in [5.41, 5.74) is 2.03. The molecule has 0 aliphatic carbocycles. The van der Waals surface area contributed by atoms with E-state index in [-0.39, 0.29) is 0 Å². The standard InChI is InChI=1S/C21H24N6O2/c1-28-17-9-7-16(8-10-17)23-20-15-22-25-21(24-20)27-13-11-26(12-14-27)18-5-3-4-6-19(18)29-2/h3-10,15H,11-14H2,1-2H3,(H,23,24,25). The number of aromatic nitrogens is 3. The average molecular weight is 392 g/mol. The van der Waals surface area contributed by atoms with Crippen molar-refractivity contribution in [2.75, 3.05) is 55.5 Å². The van der Waals surface area contributed by atoms with Gasteiger partial charge in [-0.15, -0.1) is 5.10 Å². The van der Waals surface area contributed by atoms with E-state index < -0.39 is 0 Å². The molecule has 1 aromatic heterocycles. The van der Waals surface area contributed by atoms with Crippen LogP contribution in [-0.4, -0.2) is 55.6 Å². The van der Waals surface area contributed by atoms with E-state index in [9.17, 15) is 0 Å². The highest BCUT2D eigenvalue weighted by atomic mass is 16.5. The van der Waals surface area contributed by atoms with Gasteiger partial charge in [0.05, 0.1) is 26.1 Å². The molecule has 2 heterocycles. The lowest BCUT2D eigenvalue weighted by atomic mass is 10.2. The van der Waals surface area contributed by atoms with Crippen molar-refractivity contribution in [3.8, 4) is 11.5 Å². The number of hydrogen-bond donors (Lipinski definition) is 1. The fourth-order valence-electron chi connectivity index (χ4n) is 3.35. The molecule has 0 amide bonds. The maximum absolute atomic E-state index is 5.49. The first-order valence-electron chi connectivity index (χ1n) is 9.50. The molecule has 3 aromatic rings. The fourth-order valence-corrected chi connectivity index (χ4v) is 3.35. The number of hydrogen-bond acceptors (Lipinski definition) is 8. The quantitative estimate of drug-likeness (QED) is 0.686. The normalized spacial score (nSPS) is 13.9. The van der Waals surface area contributed by atoms with Crippen LogP contribution in [0.15, 0.2) is 54.7 Å². The van der Waals surface area contributed by atoms with Crippen LogP contribution in [-0.2, 0) is 0 Å². The van der Waals surface area contributed by atoms with Gasteiger partial charge in [-0.2, -0.15) is 10.1 Å². The average Bonchev–Trinajstić information content (AvgIpc) is 2.80. The lowest BCUT2D eigenvalue weighted by molar-refractivity contribution is 0.413. The van der Waals surface area contributed by atoms with Crippen molar-refractivity contribution in [3.05, 3.63) is 54.7 Å². The zero-order chi connectivity index (χ0) is 20.1. The minimum atomic E-state index is 0.628. The molecule has 1 saturated heterocycles. The van der Waals surface area contributed by atoms with Crippen LogP contribution in [0.3, 0.4) is 0 Å². The molecule has 4 rings (SSSR count). The number of methoxy groups -OCH3 is 2. The summed E-state index contributed by atoms with van der Waals surface area (Å²) in [4.78, 5) is 9.11. The maximum atomic E-state index is 5.49. The number of anilines is 4. The van der Waals surface area contributed by atoms with Gasteiger partial charge in [0, 0.05) is 31.9 Å².